The highest BCUT2D eigenvalue weighted by Crippen LogP contribution is 2.23. The van der Waals surface area contributed by atoms with E-state index in [1.54, 1.807) is 0 Å². The number of aromatic nitrogens is 1. The Morgan fingerprint density at radius 3 is 3.06 bits per heavy atom. The van der Waals surface area contributed by atoms with Crippen molar-refractivity contribution in [2.75, 3.05) is 0 Å². The average molecular weight is 236 g/mol. The molecule has 2 unspecified atom stereocenters. The Balaban J connectivity index is 1.97. The summed E-state index contributed by atoms with van der Waals surface area (Å²) in [5.41, 5.74) is 0.343. The third-order valence-corrected chi connectivity index (χ3v) is 3.26. The van der Waals surface area contributed by atoms with Crippen LogP contribution in [0.3, 0.4) is 0 Å². The molecule has 2 atom stereocenters. The van der Waals surface area contributed by atoms with Crippen LogP contribution >= 0.6 is 0 Å². The fraction of sp³-hybridized carbons (Fsp3) is 0.538. The molecule has 0 spiro atoms. The molecule has 1 fully saturated rings. The fourth-order valence-corrected chi connectivity index (χ4v) is 2.38. The van der Waals surface area contributed by atoms with E-state index in [9.17, 15) is 9.18 Å². The number of nitrogens with one attached hydrogen (secondary N) is 1. The van der Waals surface area contributed by atoms with Crippen LogP contribution < -0.4 is 5.32 Å². The molecule has 2 rings (SSSR count). The molecule has 1 N–H and O–H groups in total. The number of carbonyl (C=O) groups excluding carboxylic acids is 1. The number of hydrogen-bond donors (Lipinski definition) is 1. The topological polar surface area (TPSA) is 42.0 Å². The lowest BCUT2D eigenvalue weighted by molar-refractivity contribution is 0.0920. The summed E-state index contributed by atoms with van der Waals surface area (Å²) in [5, 5.41) is 2.96. The lowest BCUT2D eigenvalue weighted by atomic mass is 9.87. The van der Waals surface area contributed by atoms with Crippen LogP contribution in [0, 0.1) is 11.9 Å². The molecule has 1 aliphatic rings. The molecule has 0 saturated heterocycles. The molecular formula is C13H17FN2O. The van der Waals surface area contributed by atoms with Crippen molar-refractivity contribution in [3.8, 4) is 0 Å². The van der Waals surface area contributed by atoms with Crippen molar-refractivity contribution in [1.82, 2.24) is 10.3 Å². The van der Waals surface area contributed by atoms with Crippen molar-refractivity contribution in [2.45, 2.75) is 38.6 Å². The van der Waals surface area contributed by atoms with Crippen LogP contribution in [-0.4, -0.2) is 16.9 Å². The number of rotatable bonds is 2. The Labute approximate surface area is 100 Å². The minimum absolute atomic E-state index is 0.203. The Hall–Kier alpha value is -1.45. The van der Waals surface area contributed by atoms with E-state index in [1.165, 1.54) is 24.8 Å². The minimum atomic E-state index is -0.616. The second kappa shape index (κ2) is 5.25. The third-order valence-electron chi connectivity index (χ3n) is 3.26. The normalized spacial score (nSPS) is 24.4. The summed E-state index contributed by atoms with van der Waals surface area (Å²) >= 11 is 0. The van der Waals surface area contributed by atoms with Gasteiger partial charge in [-0.3, -0.25) is 4.79 Å². The Bertz CT molecular complexity index is 408. The predicted octanol–water partition coefficient (Wildman–Crippen LogP) is 2.53. The van der Waals surface area contributed by atoms with Gasteiger partial charge in [0.05, 0.1) is 0 Å². The van der Waals surface area contributed by atoms with E-state index in [4.69, 9.17) is 0 Å². The highest BCUT2D eigenvalue weighted by Gasteiger charge is 2.20. The monoisotopic (exact) mass is 236 g/mol. The molecule has 17 heavy (non-hydrogen) atoms. The summed E-state index contributed by atoms with van der Waals surface area (Å²) in [6.07, 6.45) is 5.73. The zero-order valence-electron chi connectivity index (χ0n) is 9.95. The molecule has 1 amide bonds. The van der Waals surface area contributed by atoms with Gasteiger partial charge in [-0.05, 0) is 24.8 Å². The van der Waals surface area contributed by atoms with Crippen molar-refractivity contribution in [3.63, 3.8) is 0 Å². The van der Waals surface area contributed by atoms with E-state index in [-0.39, 0.29) is 11.9 Å². The summed E-state index contributed by atoms with van der Waals surface area (Å²) in [7, 11) is 0. The van der Waals surface area contributed by atoms with Crippen molar-refractivity contribution < 1.29 is 9.18 Å². The van der Waals surface area contributed by atoms with Gasteiger partial charge in [0.2, 0.25) is 5.95 Å². The van der Waals surface area contributed by atoms with Gasteiger partial charge in [0, 0.05) is 23.9 Å². The van der Waals surface area contributed by atoms with E-state index in [2.05, 4.69) is 17.2 Å². The molecule has 1 aliphatic carbocycles. The standard InChI is InChI=1S/C13H17FN2O/c1-9-3-2-4-11(7-9)16-13(17)10-5-6-15-12(14)8-10/h5-6,8-9,11H,2-4,7H2,1H3,(H,16,17). The maximum absolute atomic E-state index is 12.9. The zero-order chi connectivity index (χ0) is 12.3. The Kier molecular flexibility index (Phi) is 3.71. The highest BCUT2D eigenvalue weighted by molar-refractivity contribution is 5.94. The largest absolute Gasteiger partial charge is 0.349 e. The number of carbonyl (C=O) groups is 1. The van der Waals surface area contributed by atoms with Gasteiger partial charge in [0.25, 0.3) is 5.91 Å². The zero-order valence-corrected chi connectivity index (χ0v) is 9.95. The first-order valence-electron chi connectivity index (χ1n) is 6.07. The van der Waals surface area contributed by atoms with Crippen LogP contribution in [0.1, 0.15) is 43.0 Å². The first-order valence-corrected chi connectivity index (χ1v) is 6.07. The van der Waals surface area contributed by atoms with Gasteiger partial charge in [-0.2, -0.15) is 4.39 Å². The fourth-order valence-electron chi connectivity index (χ4n) is 2.38. The Morgan fingerprint density at radius 2 is 2.35 bits per heavy atom. The molecule has 1 aromatic heterocycles. The predicted molar refractivity (Wildman–Crippen MR) is 63.1 cm³/mol. The molecule has 3 nitrogen and oxygen atoms in total. The smallest absolute Gasteiger partial charge is 0.251 e. The number of hydrogen-bond acceptors (Lipinski definition) is 2. The van der Waals surface area contributed by atoms with Gasteiger partial charge < -0.3 is 5.32 Å². The molecule has 1 aromatic rings. The maximum Gasteiger partial charge on any atom is 0.251 e. The van der Waals surface area contributed by atoms with Crippen LogP contribution in [0.15, 0.2) is 18.3 Å². The summed E-state index contributed by atoms with van der Waals surface area (Å²) in [5.74, 6) is -0.164. The van der Waals surface area contributed by atoms with Crippen molar-refractivity contribution in [3.05, 3.63) is 29.8 Å². The Morgan fingerprint density at radius 1 is 1.53 bits per heavy atom. The SMILES string of the molecule is CC1CCCC(NC(=O)c2ccnc(F)c2)C1. The van der Waals surface area contributed by atoms with E-state index < -0.39 is 5.95 Å². The lowest BCUT2D eigenvalue weighted by Crippen LogP contribution is -2.38. The third kappa shape index (κ3) is 3.25. The quantitative estimate of drug-likeness (QED) is 0.802. The summed E-state index contributed by atoms with van der Waals surface area (Å²) in [6.45, 7) is 2.20. The lowest BCUT2D eigenvalue weighted by Gasteiger charge is -2.27. The highest BCUT2D eigenvalue weighted by atomic mass is 19.1. The van der Waals surface area contributed by atoms with Gasteiger partial charge in [0.1, 0.15) is 0 Å². The van der Waals surface area contributed by atoms with E-state index in [1.807, 2.05) is 0 Å². The summed E-state index contributed by atoms with van der Waals surface area (Å²) < 4.78 is 12.9. The van der Waals surface area contributed by atoms with Crippen LogP contribution in [-0.2, 0) is 0 Å². The van der Waals surface area contributed by atoms with Crippen molar-refractivity contribution in [1.29, 1.82) is 0 Å². The summed E-state index contributed by atoms with van der Waals surface area (Å²) in [4.78, 5) is 15.3. The van der Waals surface area contributed by atoms with Crippen molar-refractivity contribution >= 4 is 5.91 Å². The molecule has 0 bridgehead atoms. The summed E-state index contributed by atoms with van der Waals surface area (Å²) in [6, 6.07) is 2.93. The molecule has 0 aromatic carbocycles. The maximum atomic E-state index is 12.9. The number of amides is 1. The molecule has 92 valence electrons. The average Bonchev–Trinajstić information content (AvgIpc) is 2.29. The number of nitrogens with zero attached hydrogens (tertiary/aromatic N) is 1. The van der Waals surface area contributed by atoms with Gasteiger partial charge >= 0.3 is 0 Å². The van der Waals surface area contributed by atoms with Gasteiger partial charge in [-0.25, -0.2) is 4.98 Å². The first-order chi connectivity index (χ1) is 8.15. The second-order valence-electron chi connectivity index (χ2n) is 4.81. The van der Waals surface area contributed by atoms with Crippen LogP contribution in [0.25, 0.3) is 0 Å². The molecule has 1 saturated carbocycles. The van der Waals surface area contributed by atoms with Gasteiger partial charge in [-0.1, -0.05) is 19.8 Å². The first kappa shape index (κ1) is 12.0. The van der Waals surface area contributed by atoms with E-state index in [0.29, 0.717) is 11.5 Å². The molecule has 1 heterocycles. The van der Waals surface area contributed by atoms with Crippen molar-refractivity contribution in [2.24, 2.45) is 5.92 Å². The van der Waals surface area contributed by atoms with Gasteiger partial charge in [0.15, 0.2) is 0 Å². The van der Waals surface area contributed by atoms with Crippen LogP contribution in [0.2, 0.25) is 0 Å². The van der Waals surface area contributed by atoms with E-state index >= 15 is 0 Å². The van der Waals surface area contributed by atoms with Gasteiger partial charge in [-0.15, -0.1) is 0 Å². The van der Waals surface area contributed by atoms with Crippen LogP contribution in [0.4, 0.5) is 4.39 Å². The number of halogens is 1. The second-order valence-corrected chi connectivity index (χ2v) is 4.81. The molecule has 4 heteroatoms. The molecule has 0 aliphatic heterocycles. The minimum Gasteiger partial charge on any atom is -0.349 e. The molecular weight excluding hydrogens is 219 g/mol. The molecule has 0 radical (unpaired) electrons. The van der Waals surface area contributed by atoms with Crippen LogP contribution in [0.5, 0.6) is 0 Å². The van der Waals surface area contributed by atoms with E-state index in [0.717, 1.165) is 19.3 Å². The number of pyridine rings is 1.